The number of amides is 2. The molecule has 1 heterocycles. The molecule has 3 rings (SSSR count). The zero-order valence-electron chi connectivity index (χ0n) is 15.1. The second-order valence-corrected chi connectivity index (χ2v) is 6.57. The second kappa shape index (κ2) is 8.54. The molecule has 1 aromatic heterocycles. The van der Waals surface area contributed by atoms with Crippen LogP contribution >= 0.6 is 11.6 Å². The van der Waals surface area contributed by atoms with Crippen LogP contribution in [-0.2, 0) is 11.3 Å². The topological polar surface area (TPSA) is 80.2 Å². The number of hydrogen-bond acceptors (Lipinski definition) is 3. The molecular formula is C21H18ClN3O3. The Morgan fingerprint density at radius 1 is 0.929 bits per heavy atom. The number of anilines is 2. The molecule has 2 aromatic carbocycles. The maximum absolute atomic E-state index is 12.7. The van der Waals surface area contributed by atoms with Crippen molar-refractivity contribution in [2.24, 2.45) is 0 Å². The Morgan fingerprint density at radius 2 is 1.57 bits per heavy atom. The lowest BCUT2D eigenvalue weighted by molar-refractivity contribution is -0.114. The molecule has 0 fully saturated rings. The summed E-state index contributed by atoms with van der Waals surface area (Å²) in [5.74, 6) is -0.689. The Kier molecular flexibility index (Phi) is 5.91. The Balaban J connectivity index is 1.78. The summed E-state index contributed by atoms with van der Waals surface area (Å²) in [7, 11) is 0. The lowest BCUT2D eigenvalue weighted by atomic mass is 10.2. The summed E-state index contributed by atoms with van der Waals surface area (Å²) in [6.45, 7) is 1.68. The van der Waals surface area contributed by atoms with Crippen LogP contribution in [0, 0.1) is 0 Å². The van der Waals surface area contributed by atoms with Crippen LogP contribution in [0.4, 0.5) is 11.4 Å². The van der Waals surface area contributed by atoms with E-state index >= 15 is 0 Å². The summed E-state index contributed by atoms with van der Waals surface area (Å²) in [6, 6.07) is 17.0. The third kappa shape index (κ3) is 4.66. The van der Waals surface area contributed by atoms with E-state index in [2.05, 4.69) is 10.6 Å². The SMILES string of the molecule is CC(=O)Nc1ccc(NC(=O)c2cccn(Cc3ccccc3Cl)c2=O)cc1. The van der Waals surface area contributed by atoms with E-state index in [-0.39, 0.29) is 18.0 Å². The molecule has 2 amide bonds. The van der Waals surface area contributed by atoms with Crippen molar-refractivity contribution in [3.05, 3.63) is 93.4 Å². The molecule has 142 valence electrons. The summed E-state index contributed by atoms with van der Waals surface area (Å²) >= 11 is 6.16. The normalized spacial score (nSPS) is 10.4. The van der Waals surface area contributed by atoms with E-state index < -0.39 is 11.5 Å². The predicted molar refractivity (Wildman–Crippen MR) is 110 cm³/mol. The first kappa shape index (κ1) is 19.4. The van der Waals surface area contributed by atoms with Gasteiger partial charge >= 0.3 is 0 Å². The number of benzene rings is 2. The molecule has 0 atom stereocenters. The van der Waals surface area contributed by atoms with Gasteiger partial charge in [-0.1, -0.05) is 29.8 Å². The van der Waals surface area contributed by atoms with Gasteiger partial charge in [0.2, 0.25) is 5.91 Å². The lowest BCUT2D eigenvalue weighted by Crippen LogP contribution is -2.29. The molecule has 0 bridgehead atoms. The first-order chi connectivity index (χ1) is 13.4. The molecule has 0 aliphatic carbocycles. The van der Waals surface area contributed by atoms with Crippen LogP contribution in [0.1, 0.15) is 22.8 Å². The fourth-order valence-electron chi connectivity index (χ4n) is 2.68. The van der Waals surface area contributed by atoms with Gasteiger partial charge in [0.1, 0.15) is 5.56 Å². The van der Waals surface area contributed by atoms with Crippen molar-refractivity contribution in [3.8, 4) is 0 Å². The van der Waals surface area contributed by atoms with Crippen LogP contribution in [0.25, 0.3) is 0 Å². The van der Waals surface area contributed by atoms with Gasteiger partial charge in [-0.05, 0) is 48.0 Å². The number of carbonyl (C=O) groups is 2. The highest BCUT2D eigenvalue weighted by Crippen LogP contribution is 2.16. The maximum Gasteiger partial charge on any atom is 0.263 e. The molecule has 0 radical (unpaired) electrons. The van der Waals surface area contributed by atoms with Crippen molar-refractivity contribution < 1.29 is 9.59 Å². The highest BCUT2D eigenvalue weighted by atomic mass is 35.5. The molecule has 6 nitrogen and oxygen atoms in total. The monoisotopic (exact) mass is 395 g/mol. The minimum atomic E-state index is -0.509. The summed E-state index contributed by atoms with van der Waals surface area (Å²) in [5, 5.41) is 5.90. The van der Waals surface area contributed by atoms with Crippen LogP contribution in [-0.4, -0.2) is 16.4 Å². The third-order valence-corrected chi connectivity index (χ3v) is 4.40. The van der Waals surface area contributed by atoms with E-state index in [9.17, 15) is 14.4 Å². The molecule has 0 aliphatic rings. The Bertz CT molecular complexity index is 1070. The summed E-state index contributed by atoms with van der Waals surface area (Å²) < 4.78 is 1.44. The quantitative estimate of drug-likeness (QED) is 0.690. The van der Waals surface area contributed by atoms with E-state index in [1.165, 1.54) is 17.6 Å². The molecule has 0 saturated heterocycles. The molecule has 0 aliphatic heterocycles. The van der Waals surface area contributed by atoms with Gasteiger partial charge in [0.05, 0.1) is 6.54 Å². The van der Waals surface area contributed by atoms with Crippen molar-refractivity contribution in [3.63, 3.8) is 0 Å². The van der Waals surface area contributed by atoms with Crippen LogP contribution in [0.5, 0.6) is 0 Å². The summed E-state index contributed by atoms with van der Waals surface area (Å²) in [4.78, 5) is 36.3. The number of nitrogens with zero attached hydrogens (tertiary/aromatic N) is 1. The van der Waals surface area contributed by atoms with Gasteiger partial charge in [-0.15, -0.1) is 0 Å². The molecule has 3 aromatic rings. The summed E-state index contributed by atoms with van der Waals surface area (Å²) in [5.41, 5.74) is 1.54. The van der Waals surface area contributed by atoms with E-state index in [0.717, 1.165) is 5.56 Å². The van der Waals surface area contributed by atoms with Crippen molar-refractivity contribution >= 4 is 34.8 Å². The van der Waals surface area contributed by atoms with Gasteiger partial charge < -0.3 is 15.2 Å². The van der Waals surface area contributed by atoms with Crippen molar-refractivity contribution in [1.29, 1.82) is 0 Å². The minimum absolute atomic E-state index is 0.0282. The number of halogens is 1. The zero-order valence-corrected chi connectivity index (χ0v) is 15.9. The maximum atomic E-state index is 12.7. The Hall–Kier alpha value is -3.38. The third-order valence-electron chi connectivity index (χ3n) is 4.03. The van der Waals surface area contributed by atoms with E-state index in [4.69, 9.17) is 11.6 Å². The predicted octanol–water partition coefficient (Wildman–Crippen LogP) is 3.76. The number of rotatable bonds is 5. The van der Waals surface area contributed by atoms with E-state index in [1.54, 1.807) is 42.6 Å². The molecule has 0 spiro atoms. The van der Waals surface area contributed by atoms with Crippen LogP contribution in [0.2, 0.25) is 5.02 Å². The highest BCUT2D eigenvalue weighted by molar-refractivity contribution is 6.31. The average Bonchev–Trinajstić information content (AvgIpc) is 2.66. The van der Waals surface area contributed by atoms with Gasteiger partial charge in [-0.3, -0.25) is 14.4 Å². The van der Waals surface area contributed by atoms with Crippen molar-refractivity contribution in [1.82, 2.24) is 4.57 Å². The van der Waals surface area contributed by atoms with Gasteiger partial charge in [-0.25, -0.2) is 0 Å². The molecule has 7 heteroatoms. The zero-order chi connectivity index (χ0) is 20.1. The number of carbonyl (C=O) groups excluding carboxylic acids is 2. The fraction of sp³-hybridized carbons (Fsp3) is 0.0952. The standard InChI is InChI=1S/C21H18ClN3O3/c1-14(26)23-16-8-10-17(11-9-16)24-20(27)18-6-4-12-25(21(18)28)13-15-5-2-3-7-19(15)22/h2-12H,13H2,1H3,(H,23,26)(H,24,27). The van der Waals surface area contributed by atoms with Gasteiger partial charge in [0.25, 0.3) is 11.5 Å². The molecular weight excluding hydrogens is 378 g/mol. The number of hydrogen-bond donors (Lipinski definition) is 2. The van der Waals surface area contributed by atoms with E-state index in [1.807, 2.05) is 18.2 Å². The fourth-order valence-corrected chi connectivity index (χ4v) is 2.88. The molecule has 2 N–H and O–H groups in total. The highest BCUT2D eigenvalue weighted by Gasteiger charge is 2.13. The van der Waals surface area contributed by atoms with Crippen molar-refractivity contribution in [2.75, 3.05) is 10.6 Å². The largest absolute Gasteiger partial charge is 0.326 e. The second-order valence-electron chi connectivity index (χ2n) is 6.16. The van der Waals surface area contributed by atoms with E-state index in [0.29, 0.717) is 16.4 Å². The first-order valence-corrected chi connectivity index (χ1v) is 8.93. The average molecular weight is 396 g/mol. The summed E-state index contributed by atoms with van der Waals surface area (Å²) in [6.07, 6.45) is 1.62. The van der Waals surface area contributed by atoms with Crippen LogP contribution < -0.4 is 16.2 Å². The van der Waals surface area contributed by atoms with Gasteiger partial charge in [0.15, 0.2) is 0 Å². The molecule has 28 heavy (non-hydrogen) atoms. The van der Waals surface area contributed by atoms with Gasteiger partial charge in [-0.2, -0.15) is 0 Å². The first-order valence-electron chi connectivity index (χ1n) is 8.56. The Morgan fingerprint density at radius 3 is 2.21 bits per heavy atom. The lowest BCUT2D eigenvalue weighted by Gasteiger charge is -2.10. The number of pyridine rings is 1. The Labute approximate surface area is 166 Å². The van der Waals surface area contributed by atoms with Crippen LogP contribution in [0.15, 0.2) is 71.7 Å². The van der Waals surface area contributed by atoms with Crippen LogP contribution in [0.3, 0.4) is 0 Å². The molecule has 0 saturated carbocycles. The number of nitrogens with one attached hydrogen (secondary N) is 2. The number of aromatic nitrogens is 1. The smallest absolute Gasteiger partial charge is 0.263 e. The van der Waals surface area contributed by atoms with Gasteiger partial charge in [0, 0.05) is 29.5 Å². The van der Waals surface area contributed by atoms with Crippen molar-refractivity contribution in [2.45, 2.75) is 13.5 Å². The minimum Gasteiger partial charge on any atom is -0.326 e. The molecule has 0 unspecified atom stereocenters.